The highest BCUT2D eigenvalue weighted by atomic mass is 16.7. The maximum absolute atomic E-state index is 11.2. The van der Waals surface area contributed by atoms with E-state index in [2.05, 4.69) is 0 Å². The van der Waals surface area contributed by atoms with E-state index in [1.165, 1.54) is 0 Å². The predicted molar refractivity (Wildman–Crippen MR) is 152 cm³/mol. The molecule has 6 heteroatoms. The Balaban J connectivity index is 1.36. The molecule has 0 aromatic heterocycles. The summed E-state index contributed by atoms with van der Waals surface area (Å²) in [5, 5.41) is 11.2. The van der Waals surface area contributed by atoms with E-state index in [1.807, 2.05) is 121 Å². The summed E-state index contributed by atoms with van der Waals surface area (Å²) >= 11 is 0. The van der Waals surface area contributed by atoms with Crippen LogP contribution >= 0.6 is 0 Å². The topological polar surface area (TPSA) is 66.4 Å². The van der Waals surface area contributed by atoms with Crippen molar-refractivity contribution < 1.29 is 28.8 Å². The molecule has 1 aliphatic rings. The van der Waals surface area contributed by atoms with Gasteiger partial charge in [0.2, 0.25) is 0 Å². The van der Waals surface area contributed by atoms with Crippen molar-refractivity contribution >= 4 is 0 Å². The SMILES string of the molecule is O[C@@H]1OC(COCc2ccccc2)[C@H](OCc2ccccc2)C(OCc2ccccc2)C1OCc1ccccc1. The number of ether oxygens (including phenoxy) is 5. The van der Waals surface area contributed by atoms with E-state index >= 15 is 0 Å². The zero-order chi connectivity index (χ0) is 27.4. The Labute approximate surface area is 236 Å². The number of aliphatic hydroxyl groups is 1. The zero-order valence-corrected chi connectivity index (χ0v) is 22.5. The van der Waals surface area contributed by atoms with Crippen molar-refractivity contribution in [2.45, 2.75) is 57.1 Å². The minimum absolute atomic E-state index is 0.224. The van der Waals surface area contributed by atoms with Crippen LogP contribution in [0.25, 0.3) is 0 Å². The Morgan fingerprint density at radius 1 is 0.475 bits per heavy atom. The third kappa shape index (κ3) is 8.08. The third-order valence-corrected chi connectivity index (χ3v) is 6.86. The Morgan fingerprint density at radius 3 is 1.30 bits per heavy atom. The van der Waals surface area contributed by atoms with Crippen LogP contribution in [0.4, 0.5) is 0 Å². The molecule has 4 aromatic rings. The Morgan fingerprint density at radius 2 is 0.850 bits per heavy atom. The van der Waals surface area contributed by atoms with Gasteiger partial charge in [0, 0.05) is 0 Å². The summed E-state index contributed by atoms with van der Waals surface area (Å²) in [4.78, 5) is 0. The van der Waals surface area contributed by atoms with Gasteiger partial charge in [-0.25, -0.2) is 0 Å². The first-order chi connectivity index (χ1) is 19.8. The standard InChI is InChI=1S/C34H36O6/c35-34-33(39-24-29-19-11-4-12-20-29)32(38-23-28-17-9-3-10-18-28)31(37-22-27-15-7-2-8-16-27)30(40-34)25-36-21-26-13-5-1-6-14-26/h1-20,30-35H,21-25H2/t30?,31-,32?,33?,34+/m0/s1. The van der Waals surface area contributed by atoms with E-state index in [9.17, 15) is 5.11 Å². The highest BCUT2D eigenvalue weighted by Crippen LogP contribution is 2.30. The highest BCUT2D eigenvalue weighted by molar-refractivity contribution is 5.16. The molecule has 4 aromatic carbocycles. The van der Waals surface area contributed by atoms with Crippen LogP contribution in [0.15, 0.2) is 121 Å². The second kappa shape index (κ2) is 14.9. The summed E-state index contributed by atoms with van der Waals surface area (Å²) in [6, 6.07) is 39.7. The minimum Gasteiger partial charge on any atom is -0.374 e. The van der Waals surface area contributed by atoms with Gasteiger partial charge < -0.3 is 28.8 Å². The highest BCUT2D eigenvalue weighted by Gasteiger charge is 2.48. The molecule has 6 nitrogen and oxygen atoms in total. The molecule has 0 radical (unpaired) electrons. The van der Waals surface area contributed by atoms with E-state index in [-0.39, 0.29) is 6.61 Å². The fraction of sp³-hybridized carbons (Fsp3) is 0.294. The minimum atomic E-state index is -1.22. The molecule has 1 saturated heterocycles. The molecular weight excluding hydrogens is 504 g/mol. The first-order valence-corrected chi connectivity index (χ1v) is 13.7. The second-order valence-electron chi connectivity index (χ2n) is 9.85. The van der Waals surface area contributed by atoms with E-state index in [1.54, 1.807) is 0 Å². The lowest BCUT2D eigenvalue weighted by molar-refractivity contribution is -0.317. The van der Waals surface area contributed by atoms with Gasteiger partial charge in [0.15, 0.2) is 6.29 Å². The first kappa shape index (κ1) is 28.2. The number of hydrogen-bond donors (Lipinski definition) is 1. The number of aliphatic hydroxyl groups excluding tert-OH is 1. The first-order valence-electron chi connectivity index (χ1n) is 13.7. The van der Waals surface area contributed by atoms with Crippen LogP contribution in [0.3, 0.4) is 0 Å². The van der Waals surface area contributed by atoms with Crippen LogP contribution < -0.4 is 0 Å². The normalized spacial score (nSPS) is 22.7. The second-order valence-corrected chi connectivity index (χ2v) is 9.85. The lowest BCUT2D eigenvalue weighted by Gasteiger charge is -2.44. The summed E-state index contributed by atoms with van der Waals surface area (Å²) < 4.78 is 31.4. The summed E-state index contributed by atoms with van der Waals surface area (Å²) in [6.07, 6.45) is -3.72. The molecule has 0 amide bonds. The molecule has 0 bridgehead atoms. The Bertz CT molecular complexity index is 1240. The molecule has 0 aliphatic carbocycles. The molecule has 5 atom stereocenters. The van der Waals surface area contributed by atoms with Gasteiger partial charge in [-0.2, -0.15) is 0 Å². The molecule has 0 saturated carbocycles. The van der Waals surface area contributed by atoms with Crippen LogP contribution in [0, 0.1) is 0 Å². The lowest BCUT2D eigenvalue weighted by Crippen LogP contribution is -2.61. The lowest BCUT2D eigenvalue weighted by atomic mass is 9.98. The molecule has 1 N–H and O–H groups in total. The number of benzene rings is 4. The molecule has 208 valence electrons. The van der Waals surface area contributed by atoms with Crippen LogP contribution in [-0.2, 0) is 50.1 Å². The van der Waals surface area contributed by atoms with Gasteiger partial charge in [0.1, 0.15) is 24.4 Å². The van der Waals surface area contributed by atoms with Crippen molar-refractivity contribution in [1.29, 1.82) is 0 Å². The van der Waals surface area contributed by atoms with Gasteiger partial charge >= 0.3 is 0 Å². The summed E-state index contributed by atoms with van der Waals surface area (Å²) in [5.41, 5.74) is 4.10. The maximum Gasteiger partial charge on any atom is 0.184 e. The van der Waals surface area contributed by atoms with E-state index < -0.39 is 30.7 Å². The molecule has 1 heterocycles. The molecule has 3 unspecified atom stereocenters. The van der Waals surface area contributed by atoms with Gasteiger partial charge in [0.05, 0.1) is 33.0 Å². The Hall–Kier alpha value is -3.36. The smallest absolute Gasteiger partial charge is 0.184 e. The van der Waals surface area contributed by atoms with Crippen LogP contribution in [-0.4, -0.2) is 42.4 Å². The summed E-state index contributed by atoms with van der Waals surface area (Å²) in [6.45, 7) is 1.65. The van der Waals surface area contributed by atoms with Crippen LogP contribution in [0.5, 0.6) is 0 Å². The van der Waals surface area contributed by atoms with Crippen molar-refractivity contribution in [3.63, 3.8) is 0 Å². The molecule has 1 aliphatic heterocycles. The van der Waals surface area contributed by atoms with Crippen molar-refractivity contribution in [3.05, 3.63) is 144 Å². The fourth-order valence-corrected chi connectivity index (χ4v) is 4.77. The van der Waals surface area contributed by atoms with Crippen molar-refractivity contribution in [1.82, 2.24) is 0 Å². The van der Waals surface area contributed by atoms with Gasteiger partial charge in [0.25, 0.3) is 0 Å². The quantitative estimate of drug-likeness (QED) is 0.236. The molecule has 5 rings (SSSR count). The predicted octanol–water partition coefficient (Wildman–Crippen LogP) is 5.68. The summed E-state index contributed by atoms with van der Waals surface area (Å²) in [5.74, 6) is 0. The summed E-state index contributed by atoms with van der Waals surface area (Å²) in [7, 11) is 0. The number of hydrogen-bond acceptors (Lipinski definition) is 6. The molecule has 0 spiro atoms. The van der Waals surface area contributed by atoms with Gasteiger partial charge in [-0.3, -0.25) is 0 Å². The van der Waals surface area contributed by atoms with Gasteiger partial charge in [-0.1, -0.05) is 121 Å². The van der Waals surface area contributed by atoms with Gasteiger partial charge in [-0.15, -0.1) is 0 Å². The molecule has 1 fully saturated rings. The zero-order valence-electron chi connectivity index (χ0n) is 22.5. The van der Waals surface area contributed by atoms with Crippen LogP contribution in [0.1, 0.15) is 22.3 Å². The van der Waals surface area contributed by atoms with E-state index in [4.69, 9.17) is 23.7 Å². The largest absolute Gasteiger partial charge is 0.374 e. The monoisotopic (exact) mass is 540 g/mol. The fourth-order valence-electron chi connectivity index (χ4n) is 4.77. The van der Waals surface area contributed by atoms with Gasteiger partial charge in [-0.05, 0) is 22.3 Å². The van der Waals surface area contributed by atoms with Crippen molar-refractivity contribution in [2.24, 2.45) is 0 Å². The van der Waals surface area contributed by atoms with E-state index in [0.717, 1.165) is 22.3 Å². The Kier molecular flexibility index (Phi) is 10.5. The van der Waals surface area contributed by atoms with Crippen molar-refractivity contribution in [3.8, 4) is 0 Å². The molecule has 40 heavy (non-hydrogen) atoms. The average Bonchev–Trinajstić information content (AvgIpc) is 3.01. The third-order valence-electron chi connectivity index (χ3n) is 6.86. The van der Waals surface area contributed by atoms with E-state index in [0.29, 0.717) is 26.4 Å². The average molecular weight is 541 g/mol. The maximum atomic E-state index is 11.2. The van der Waals surface area contributed by atoms with Crippen molar-refractivity contribution in [2.75, 3.05) is 6.61 Å². The molecular formula is C34H36O6. The number of rotatable bonds is 13. The van der Waals surface area contributed by atoms with Crippen LogP contribution in [0.2, 0.25) is 0 Å².